The van der Waals surface area contributed by atoms with Gasteiger partial charge < -0.3 is 10.6 Å². The Hall–Kier alpha value is -2.83. The van der Waals surface area contributed by atoms with Gasteiger partial charge in [-0.05, 0) is 24.1 Å². The lowest BCUT2D eigenvalue weighted by molar-refractivity contribution is -0.174. The first-order valence-electron chi connectivity index (χ1n) is 7.55. The van der Waals surface area contributed by atoms with Crippen LogP contribution in [0, 0.1) is 6.92 Å². The summed E-state index contributed by atoms with van der Waals surface area (Å²) in [6.07, 6.45) is -5.11. The number of anilines is 1. The van der Waals surface area contributed by atoms with Gasteiger partial charge in [0.05, 0.1) is 0 Å². The van der Waals surface area contributed by atoms with E-state index in [1.165, 1.54) is 0 Å². The van der Waals surface area contributed by atoms with Crippen molar-refractivity contribution in [1.82, 2.24) is 5.32 Å². The first kappa shape index (κ1) is 18.5. The molecule has 0 bridgehead atoms. The van der Waals surface area contributed by atoms with E-state index in [0.29, 0.717) is 11.3 Å². The summed E-state index contributed by atoms with van der Waals surface area (Å²) < 4.78 is 37.7. The normalized spacial score (nSPS) is 12.3. The zero-order valence-corrected chi connectivity index (χ0v) is 13.4. The monoisotopic (exact) mass is 350 g/mol. The van der Waals surface area contributed by atoms with Crippen LogP contribution in [0.25, 0.3) is 0 Å². The van der Waals surface area contributed by atoms with Crippen LogP contribution < -0.4 is 10.6 Å². The van der Waals surface area contributed by atoms with Crippen molar-refractivity contribution in [2.24, 2.45) is 0 Å². The average Bonchev–Trinajstić information content (AvgIpc) is 2.56. The van der Waals surface area contributed by atoms with Crippen LogP contribution in [-0.2, 0) is 16.0 Å². The van der Waals surface area contributed by atoms with Gasteiger partial charge in [-0.1, -0.05) is 48.5 Å². The highest BCUT2D eigenvalue weighted by Gasteiger charge is 2.40. The largest absolute Gasteiger partial charge is 0.471 e. The summed E-state index contributed by atoms with van der Waals surface area (Å²) in [5.74, 6) is -2.86. The number of nitrogens with one attached hydrogen (secondary N) is 2. The van der Waals surface area contributed by atoms with Gasteiger partial charge in [-0.2, -0.15) is 13.2 Å². The minimum absolute atomic E-state index is 0.0552. The minimum Gasteiger partial charge on any atom is -0.336 e. The molecule has 0 aromatic heterocycles. The topological polar surface area (TPSA) is 58.2 Å². The lowest BCUT2D eigenvalue weighted by Gasteiger charge is -2.20. The zero-order chi connectivity index (χ0) is 18.4. The van der Waals surface area contributed by atoms with Gasteiger partial charge in [0.15, 0.2) is 0 Å². The summed E-state index contributed by atoms with van der Waals surface area (Å²) in [5, 5.41) is 4.34. The quantitative estimate of drug-likeness (QED) is 0.870. The maximum atomic E-state index is 12.6. The molecule has 2 rings (SSSR count). The number of benzene rings is 2. The number of amides is 2. The molecule has 1 atom stereocenters. The third-order valence-corrected chi connectivity index (χ3v) is 3.56. The van der Waals surface area contributed by atoms with E-state index < -0.39 is 24.0 Å². The van der Waals surface area contributed by atoms with E-state index in [2.05, 4.69) is 5.32 Å². The highest BCUT2D eigenvalue weighted by molar-refractivity contribution is 5.98. The number of halogens is 3. The molecule has 0 unspecified atom stereocenters. The van der Waals surface area contributed by atoms with Gasteiger partial charge in [0, 0.05) is 12.1 Å². The number of hydrogen-bond acceptors (Lipinski definition) is 2. The molecule has 2 N–H and O–H groups in total. The van der Waals surface area contributed by atoms with E-state index in [1.807, 2.05) is 0 Å². The molecule has 0 heterocycles. The van der Waals surface area contributed by atoms with E-state index in [-0.39, 0.29) is 6.42 Å². The van der Waals surface area contributed by atoms with Crippen molar-refractivity contribution in [2.45, 2.75) is 25.6 Å². The summed E-state index contributed by atoms with van der Waals surface area (Å²) in [5.41, 5.74) is 1.87. The van der Waals surface area contributed by atoms with E-state index >= 15 is 0 Å². The maximum Gasteiger partial charge on any atom is 0.471 e. The van der Waals surface area contributed by atoms with Gasteiger partial charge >= 0.3 is 12.1 Å². The lowest BCUT2D eigenvalue weighted by Crippen LogP contribution is -2.49. The van der Waals surface area contributed by atoms with Gasteiger partial charge in [0.2, 0.25) is 5.91 Å². The molecule has 4 nitrogen and oxygen atoms in total. The van der Waals surface area contributed by atoms with Crippen molar-refractivity contribution < 1.29 is 22.8 Å². The lowest BCUT2D eigenvalue weighted by atomic mass is 10.0. The summed E-state index contributed by atoms with van der Waals surface area (Å²) in [6, 6.07) is 14.0. The molecule has 132 valence electrons. The molecule has 0 aliphatic heterocycles. The van der Waals surface area contributed by atoms with Gasteiger partial charge in [-0.25, -0.2) is 0 Å². The van der Waals surface area contributed by atoms with Crippen LogP contribution in [0.1, 0.15) is 11.1 Å². The standard InChI is InChI=1S/C18H17F3N2O2/c1-12-7-5-6-10-14(12)22-16(24)15(23-17(25)18(19,20)21)11-13-8-3-2-4-9-13/h2-10,15H,11H2,1H3,(H,22,24)(H,23,25)/t15-/m0/s1. The van der Waals surface area contributed by atoms with Crippen molar-refractivity contribution in [3.63, 3.8) is 0 Å². The van der Waals surface area contributed by atoms with Crippen LogP contribution in [0.4, 0.5) is 18.9 Å². The number of hydrogen-bond donors (Lipinski definition) is 2. The highest BCUT2D eigenvalue weighted by atomic mass is 19.4. The summed E-state index contributed by atoms with van der Waals surface area (Å²) in [6.45, 7) is 1.76. The number of para-hydroxylation sites is 1. The molecule has 0 spiro atoms. The number of aryl methyl sites for hydroxylation is 1. The van der Waals surface area contributed by atoms with Crippen LogP contribution in [0.3, 0.4) is 0 Å². The van der Waals surface area contributed by atoms with E-state index in [0.717, 1.165) is 5.56 Å². The average molecular weight is 350 g/mol. The Morgan fingerprint density at radius 2 is 1.60 bits per heavy atom. The highest BCUT2D eigenvalue weighted by Crippen LogP contribution is 2.17. The second-order valence-corrected chi connectivity index (χ2v) is 5.52. The third kappa shape index (κ3) is 5.34. The Kier molecular flexibility index (Phi) is 5.80. The Balaban J connectivity index is 2.19. The van der Waals surface area contributed by atoms with Crippen LogP contribution in [-0.4, -0.2) is 24.0 Å². The molecule has 0 saturated heterocycles. The second-order valence-electron chi connectivity index (χ2n) is 5.52. The fraction of sp³-hybridized carbons (Fsp3) is 0.222. The number of rotatable bonds is 5. The van der Waals surface area contributed by atoms with E-state index in [9.17, 15) is 22.8 Å². The molecule has 2 amide bonds. The smallest absolute Gasteiger partial charge is 0.336 e. The molecule has 0 saturated carbocycles. The SMILES string of the molecule is Cc1ccccc1NC(=O)[C@H](Cc1ccccc1)NC(=O)C(F)(F)F. The van der Waals surface area contributed by atoms with Crippen LogP contribution >= 0.6 is 0 Å². The summed E-state index contributed by atoms with van der Waals surface area (Å²) in [7, 11) is 0. The predicted molar refractivity (Wildman–Crippen MR) is 87.9 cm³/mol. The molecular weight excluding hydrogens is 333 g/mol. The molecule has 2 aromatic carbocycles. The fourth-order valence-corrected chi connectivity index (χ4v) is 2.23. The number of carbonyl (C=O) groups excluding carboxylic acids is 2. The summed E-state index contributed by atoms with van der Waals surface area (Å²) >= 11 is 0. The van der Waals surface area contributed by atoms with Crippen LogP contribution in [0.5, 0.6) is 0 Å². The number of carbonyl (C=O) groups is 2. The van der Waals surface area contributed by atoms with Gasteiger partial charge in [-0.3, -0.25) is 9.59 Å². The molecule has 25 heavy (non-hydrogen) atoms. The van der Waals surface area contributed by atoms with Gasteiger partial charge in [-0.15, -0.1) is 0 Å². The first-order chi connectivity index (χ1) is 11.8. The van der Waals surface area contributed by atoms with Crippen molar-refractivity contribution in [3.8, 4) is 0 Å². The molecular formula is C18H17F3N2O2. The third-order valence-electron chi connectivity index (χ3n) is 3.56. The Morgan fingerprint density at radius 1 is 1.00 bits per heavy atom. The van der Waals surface area contributed by atoms with E-state index in [1.54, 1.807) is 66.8 Å². The zero-order valence-electron chi connectivity index (χ0n) is 13.4. The first-order valence-corrected chi connectivity index (χ1v) is 7.55. The van der Waals surface area contributed by atoms with Crippen LogP contribution in [0.15, 0.2) is 54.6 Å². The summed E-state index contributed by atoms with van der Waals surface area (Å²) in [4.78, 5) is 23.7. The predicted octanol–water partition coefficient (Wildman–Crippen LogP) is 3.22. The Bertz CT molecular complexity index is 745. The van der Waals surface area contributed by atoms with Gasteiger partial charge in [0.25, 0.3) is 0 Å². The second kappa shape index (κ2) is 7.83. The molecule has 7 heteroatoms. The minimum atomic E-state index is -5.06. The molecule has 0 aliphatic rings. The van der Waals surface area contributed by atoms with Crippen molar-refractivity contribution in [2.75, 3.05) is 5.32 Å². The number of alkyl halides is 3. The Labute approximate surface area is 143 Å². The van der Waals surface area contributed by atoms with Crippen molar-refractivity contribution in [3.05, 3.63) is 65.7 Å². The molecule has 0 radical (unpaired) electrons. The molecule has 0 aliphatic carbocycles. The van der Waals surface area contributed by atoms with Crippen molar-refractivity contribution >= 4 is 17.5 Å². The fourth-order valence-electron chi connectivity index (χ4n) is 2.23. The van der Waals surface area contributed by atoms with Gasteiger partial charge in [0.1, 0.15) is 6.04 Å². The maximum absolute atomic E-state index is 12.6. The molecule has 2 aromatic rings. The van der Waals surface area contributed by atoms with Crippen molar-refractivity contribution in [1.29, 1.82) is 0 Å². The Morgan fingerprint density at radius 3 is 2.20 bits per heavy atom. The van der Waals surface area contributed by atoms with E-state index in [4.69, 9.17) is 0 Å². The van der Waals surface area contributed by atoms with Crippen LogP contribution in [0.2, 0.25) is 0 Å². The molecule has 0 fully saturated rings.